The molecule has 0 bridgehead atoms. The van der Waals surface area contributed by atoms with Crippen molar-refractivity contribution in [2.45, 2.75) is 52.2 Å². The van der Waals surface area contributed by atoms with Gasteiger partial charge in [0.25, 0.3) is 0 Å². The van der Waals surface area contributed by atoms with Gasteiger partial charge in [0.1, 0.15) is 0 Å². The van der Waals surface area contributed by atoms with Gasteiger partial charge < -0.3 is 4.74 Å². The van der Waals surface area contributed by atoms with E-state index in [2.05, 4.69) is 98.8 Å². The molecule has 2 unspecified atom stereocenters. The molecule has 1 heteroatoms. The number of ether oxygens (including phenoxy) is 1. The molecule has 0 saturated heterocycles. The van der Waals surface area contributed by atoms with Crippen LogP contribution in [-0.4, -0.2) is 0 Å². The van der Waals surface area contributed by atoms with E-state index in [1.807, 2.05) is 0 Å². The van der Waals surface area contributed by atoms with Crippen molar-refractivity contribution in [3.05, 3.63) is 107 Å². The molecule has 0 heterocycles. The minimum absolute atomic E-state index is 0.157. The normalized spacial score (nSPS) is 13.2. The van der Waals surface area contributed by atoms with Gasteiger partial charge in [-0.1, -0.05) is 105 Å². The Labute approximate surface area is 170 Å². The third-order valence-electron chi connectivity index (χ3n) is 5.47. The van der Waals surface area contributed by atoms with E-state index in [0.29, 0.717) is 12.5 Å². The topological polar surface area (TPSA) is 9.23 Å². The van der Waals surface area contributed by atoms with Crippen molar-refractivity contribution >= 4 is 0 Å². The average Bonchev–Trinajstić information content (AvgIpc) is 2.76. The van der Waals surface area contributed by atoms with Crippen LogP contribution in [0.3, 0.4) is 0 Å². The van der Waals surface area contributed by atoms with Gasteiger partial charge in [0.05, 0.1) is 12.7 Å². The predicted molar refractivity (Wildman–Crippen MR) is 118 cm³/mol. The first-order valence-electron chi connectivity index (χ1n) is 10.5. The van der Waals surface area contributed by atoms with Crippen molar-refractivity contribution < 1.29 is 4.74 Å². The van der Waals surface area contributed by atoms with Crippen LogP contribution in [0.2, 0.25) is 0 Å². The van der Waals surface area contributed by atoms with Gasteiger partial charge in [-0.3, -0.25) is 0 Å². The molecule has 0 amide bonds. The van der Waals surface area contributed by atoms with Gasteiger partial charge in [-0.05, 0) is 47.4 Å². The highest BCUT2D eigenvalue weighted by atomic mass is 16.5. The van der Waals surface area contributed by atoms with Crippen molar-refractivity contribution in [3.8, 4) is 0 Å². The van der Waals surface area contributed by atoms with Crippen molar-refractivity contribution in [1.29, 1.82) is 0 Å². The molecule has 2 atom stereocenters. The van der Waals surface area contributed by atoms with Gasteiger partial charge in [0, 0.05) is 0 Å². The number of hydrogen-bond donors (Lipinski definition) is 0. The van der Waals surface area contributed by atoms with Crippen molar-refractivity contribution in [1.82, 2.24) is 0 Å². The molecule has 0 N–H and O–H groups in total. The van der Waals surface area contributed by atoms with E-state index in [0.717, 1.165) is 19.3 Å². The van der Waals surface area contributed by atoms with E-state index in [-0.39, 0.29) is 6.10 Å². The summed E-state index contributed by atoms with van der Waals surface area (Å²) in [6, 6.07) is 30.2. The maximum absolute atomic E-state index is 6.40. The summed E-state index contributed by atoms with van der Waals surface area (Å²) >= 11 is 0. The zero-order chi connectivity index (χ0) is 19.6. The molecule has 0 aliphatic rings. The second-order valence-corrected chi connectivity index (χ2v) is 7.77. The zero-order valence-corrected chi connectivity index (χ0v) is 17.2. The molecule has 146 valence electrons. The van der Waals surface area contributed by atoms with E-state index in [1.54, 1.807) is 0 Å². The predicted octanol–water partition coefficient (Wildman–Crippen LogP) is 7.17. The lowest BCUT2D eigenvalue weighted by molar-refractivity contribution is 0.0240. The molecule has 0 aliphatic carbocycles. The zero-order valence-electron chi connectivity index (χ0n) is 17.2. The summed E-state index contributed by atoms with van der Waals surface area (Å²) in [5.41, 5.74) is 5.31. The maximum Gasteiger partial charge on any atom is 0.0832 e. The Morgan fingerprint density at radius 1 is 0.714 bits per heavy atom. The van der Waals surface area contributed by atoms with E-state index >= 15 is 0 Å². The van der Waals surface area contributed by atoms with Crippen LogP contribution in [0.5, 0.6) is 0 Å². The van der Waals surface area contributed by atoms with Gasteiger partial charge in [-0.25, -0.2) is 0 Å². The lowest BCUT2D eigenvalue weighted by atomic mass is 9.96. The van der Waals surface area contributed by atoms with Crippen LogP contribution in [-0.2, 0) is 24.2 Å². The van der Waals surface area contributed by atoms with Crippen LogP contribution in [0.25, 0.3) is 0 Å². The first-order chi connectivity index (χ1) is 13.7. The number of benzene rings is 3. The Bertz CT molecular complexity index is 810. The molecular weight excluding hydrogens is 340 g/mol. The number of aryl methyl sites for hydroxylation is 2. The number of hydrogen-bond acceptors (Lipinski definition) is 1. The Morgan fingerprint density at radius 3 is 2.04 bits per heavy atom. The second kappa shape index (κ2) is 10.8. The fourth-order valence-electron chi connectivity index (χ4n) is 3.51. The Balaban J connectivity index is 1.61. The minimum atomic E-state index is 0.157. The molecule has 0 aromatic heterocycles. The monoisotopic (exact) mass is 372 g/mol. The minimum Gasteiger partial charge on any atom is -0.369 e. The van der Waals surface area contributed by atoms with Gasteiger partial charge in [0.2, 0.25) is 0 Å². The quantitative estimate of drug-likeness (QED) is 0.367. The van der Waals surface area contributed by atoms with E-state index in [1.165, 1.54) is 28.7 Å². The average molecular weight is 373 g/mol. The van der Waals surface area contributed by atoms with E-state index < -0.39 is 0 Å². The summed E-state index contributed by atoms with van der Waals surface area (Å²) < 4.78 is 6.40. The molecule has 0 saturated carbocycles. The highest BCUT2D eigenvalue weighted by molar-refractivity contribution is 5.25. The van der Waals surface area contributed by atoms with E-state index in [9.17, 15) is 0 Å². The summed E-state index contributed by atoms with van der Waals surface area (Å²) in [5.74, 6) is 0.655. The van der Waals surface area contributed by atoms with Gasteiger partial charge in [-0.2, -0.15) is 0 Å². The lowest BCUT2D eigenvalue weighted by Crippen LogP contribution is -2.09. The fraction of sp³-hybridized carbons (Fsp3) is 0.333. The standard InChI is InChI=1S/C27H32O/c1-3-22(2)19-27(26-15-8-5-9-16-26)28-21-25-14-10-13-24(20-25)18-17-23-11-6-4-7-12-23/h4-16,20,22,27H,3,17-19,21H2,1-2H3. The van der Waals surface area contributed by atoms with Crippen molar-refractivity contribution in [2.75, 3.05) is 0 Å². The molecule has 3 aromatic rings. The van der Waals surface area contributed by atoms with Gasteiger partial charge in [-0.15, -0.1) is 0 Å². The summed E-state index contributed by atoms with van der Waals surface area (Å²) in [6.07, 6.45) is 4.54. The molecule has 1 nitrogen and oxygen atoms in total. The summed E-state index contributed by atoms with van der Waals surface area (Å²) in [5, 5.41) is 0. The highest BCUT2D eigenvalue weighted by Gasteiger charge is 2.15. The molecule has 3 rings (SSSR count). The Hall–Kier alpha value is -2.38. The van der Waals surface area contributed by atoms with Crippen LogP contribution >= 0.6 is 0 Å². The van der Waals surface area contributed by atoms with Crippen LogP contribution in [0.1, 0.15) is 55.0 Å². The Morgan fingerprint density at radius 2 is 1.32 bits per heavy atom. The summed E-state index contributed by atoms with van der Waals surface area (Å²) in [6.45, 7) is 5.22. The van der Waals surface area contributed by atoms with Crippen LogP contribution in [0.4, 0.5) is 0 Å². The van der Waals surface area contributed by atoms with Crippen LogP contribution < -0.4 is 0 Å². The number of rotatable bonds is 10. The van der Waals surface area contributed by atoms with Gasteiger partial charge >= 0.3 is 0 Å². The van der Waals surface area contributed by atoms with Crippen LogP contribution in [0, 0.1) is 5.92 Å². The maximum atomic E-state index is 6.40. The third kappa shape index (κ3) is 6.35. The second-order valence-electron chi connectivity index (χ2n) is 7.77. The third-order valence-corrected chi connectivity index (χ3v) is 5.47. The largest absolute Gasteiger partial charge is 0.369 e. The van der Waals surface area contributed by atoms with Gasteiger partial charge in [0.15, 0.2) is 0 Å². The molecule has 0 fully saturated rings. The molecular formula is C27H32O. The summed E-state index contributed by atoms with van der Waals surface area (Å²) in [4.78, 5) is 0. The smallest absolute Gasteiger partial charge is 0.0832 e. The van der Waals surface area contributed by atoms with E-state index in [4.69, 9.17) is 4.74 Å². The molecule has 0 radical (unpaired) electrons. The molecule has 3 aromatic carbocycles. The molecule has 28 heavy (non-hydrogen) atoms. The summed E-state index contributed by atoms with van der Waals surface area (Å²) in [7, 11) is 0. The molecule has 0 aliphatic heterocycles. The first-order valence-corrected chi connectivity index (χ1v) is 10.5. The molecule has 0 spiro atoms. The van der Waals surface area contributed by atoms with Crippen LogP contribution in [0.15, 0.2) is 84.9 Å². The van der Waals surface area contributed by atoms with Crippen molar-refractivity contribution in [2.24, 2.45) is 5.92 Å². The first kappa shape index (κ1) is 20.4. The fourth-order valence-corrected chi connectivity index (χ4v) is 3.51. The Kier molecular flexibility index (Phi) is 7.87. The highest BCUT2D eigenvalue weighted by Crippen LogP contribution is 2.27. The van der Waals surface area contributed by atoms with Crippen molar-refractivity contribution in [3.63, 3.8) is 0 Å². The lowest BCUT2D eigenvalue weighted by Gasteiger charge is -2.22. The SMILES string of the molecule is CCC(C)CC(OCc1cccc(CCc2ccccc2)c1)c1ccccc1.